The molecule has 19 heavy (non-hydrogen) atoms. The molecule has 2 nitrogen and oxygen atoms in total. The number of nitrogens with zero attached hydrogens (tertiary/aromatic N) is 1. The van der Waals surface area contributed by atoms with Crippen LogP contribution < -0.4 is 0 Å². The summed E-state index contributed by atoms with van der Waals surface area (Å²) in [5, 5.41) is 10.8. The van der Waals surface area contributed by atoms with Crippen molar-refractivity contribution in [3.05, 3.63) is 34.1 Å². The van der Waals surface area contributed by atoms with Crippen LogP contribution in [0.4, 0.5) is 4.39 Å². The van der Waals surface area contributed by atoms with Crippen molar-refractivity contribution in [1.82, 2.24) is 4.90 Å². The molecule has 1 fully saturated rings. The van der Waals surface area contributed by atoms with Gasteiger partial charge in [-0.3, -0.25) is 0 Å². The minimum Gasteiger partial charge on any atom is -0.389 e. The van der Waals surface area contributed by atoms with Crippen LogP contribution in [0.1, 0.15) is 31.7 Å². The Hall–Kier alpha value is -0.450. The normalized spacial score (nSPS) is 25.3. The van der Waals surface area contributed by atoms with E-state index in [0.717, 1.165) is 48.9 Å². The van der Waals surface area contributed by atoms with E-state index in [1.807, 2.05) is 0 Å². The van der Waals surface area contributed by atoms with Crippen LogP contribution in [-0.2, 0) is 6.42 Å². The summed E-state index contributed by atoms with van der Waals surface area (Å²) in [4.78, 5) is 2.36. The number of hydrogen-bond donors (Lipinski definition) is 1. The summed E-state index contributed by atoms with van der Waals surface area (Å²) in [6, 6.07) is 4.66. The van der Waals surface area contributed by atoms with Crippen molar-refractivity contribution in [1.29, 1.82) is 0 Å². The zero-order valence-corrected chi connectivity index (χ0v) is 12.9. The molecule has 1 aliphatic rings. The second-order valence-corrected chi connectivity index (χ2v) is 6.28. The second kappa shape index (κ2) is 6.33. The Morgan fingerprint density at radius 2 is 2.16 bits per heavy atom. The molecule has 1 heterocycles. The smallest absolute Gasteiger partial charge is 0.123 e. The molecule has 0 bridgehead atoms. The van der Waals surface area contributed by atoms with Crippen molar-refractivity contribution >= 4 is 15.9 Å². The molecule has 1 aliphatic heterocycles. The minimum absolute atomic E-state index is 0.245. The highest BCUT2D eigenvalue weighted by Crippen LogP contribution is 2.29. The highest BCUT2D eigenvalue weighted by atomic mass is 79.9. The van der Waals surface area contributed by atoms with E-state index in [2.05, 4.69) is 27.8 Å². The second-order valence-electron chi connectivity index (χ2n) is 5.42. The Bertz CT molecular complexity index is 440. The van der Waals surface area contributed by atoms with E-state index in [4.69, 9.17) is 0 Å². The van der Waals surface area contributed by atoms with Gasteiger partial charge in [0.15, 0.2) is 0 Å². The predicted octanol–water partition coefficient (Wildman–Crippen LogP) is 3.37. The quantitative estimate of drug-likeness (QED) is 0.919. The average Bonchev–Trinajstić information content (AvgIpc) is 2.56. The highest BCUT2D eigenvalue weighted by Gasteiger charge is 2.30. The van der Waals surface area contributed by atoms with Crippen LogP contribution in [0, 0.1) is 5.82 Å². The van der Waals surface area contributed by atoms with E-state index in [9.17, 15) is 9.50 Å². The predicted molar refractivity (Wildman–Crippen MR) is 78.7 cm³/mol. The van der Waals surface area contributed by atoms with E-state index in [1.54, 1.807) is 6.07 Å². The first kappa shape index (κ1) is 14.9. The third kappa shape index (κ3) is 4.01. The molecule has 0 radical (unpaired) electrons. The number of halogens is 2. The molecule has 1 saturated heterocycles. The first-order valence-corrected chi connectivity index (χ1v) is 7.70. The molecule has 0 aliphatic carbocycles. The van der Waals surface area contributed by atoms with Crippen LogP contribution in [0.15, 0.2) is 22.7 Å². The standard InChI is InChI=1S/C15H21BrFNO/c1-2-18-8-3-6-15(19,7-9-18)11-12-10-13(17)4-5-14(12)16/h4-5,10,19H,2-3,6-9,11H2,1H3. The zero-order chi connectivity index (χ0) is 13.9. The van der Waals surface area contributed by atoms with Crippen molar-refractivity contribution in [2.45, 2.75) is 38.2 Å². The molecule has 0 spiro atoms. The zero-order valence-electron chi connectivity index (χ0n) is 11.3. The third-order valence-electron chi connectivity index (χ3n) is 3.98. The summed E-state index contributed by atoms with van der Waals surface area (Å²) < 4.78 is 14.2. The van der Waals surface area contributed by atoms with Crippen LogP contribution in [0.3, 0.4) is 0 Å². The lowest BCUT2D eigenvalue weighted by Crippen LogP contribution is -2.33. The van der Waals surface area contributed by atoms with E-state index >= 15 is 0 Å². The molecule has 1 aromatic carbocycles. The number of aliphatic hydroxyl groups is 1. The fourth-order valence-corrected chi connectivity index (χ4v) is 3.15. The van der Waals surface area contributed by atoms with Crippen molar-refractivity contribution in [2.75, 3.05) is 19.6 Å². The molecule has 1 atom stereocenters. The van der Waals surface area contributed by atoms with E-state index in [-0.39, 0.29) is 5.82 Å². The van der Waals surface area contributed by atoms with Crippen molar-refractivity contribution < 1.29 is 9.50 Å². The van der Waals surface area contributed by atoms with Crippen molar-refractivity contribution in [3.8, 4) is 0 Å². The lowest BCUT2D eigenvalue weighted by atomic mass is 9.88. The van der Waals surface area contributed by atoms with E-state index in [1.165, 1.54) is 12.1 Å². The van der Waals surface area contributed by atoms with Crippen LogP contribution in [0.25, 0.3) is 0 Å². The number of likely N-dealkylation sites (tertiary alicyclic amines) is 1. The topological polar surface area (TPSA) is 23.5 Å². The average molecular weight is 330 g/mol. The van der Waals surface area contributed by atoms with Crippen LogP contribution >= 0.6 is 15.9 Å². The first-order valence-electron chi connectivity index (χ1n) is 6.91. The molecule has 1 aromatic rings. The summed E-state index contributed by atoms with van der Waals surface area (Å²) in [6.45, 7) is 5.14. The monoisotopic (exact) mass is 329 g/mol. The summed E-state index contributed by atoms with van der Waals surface area (Å²) in [5.41, 5.74) is 0.146. The molecule has 106 valence electrons. The maximum absolute atomic E-state index is 13.3. The fourth-order valence-electron chi connectivity index (χ4n) is 2.76. The first-order chi connectivity index (χ1) is 9.02. The fraction of sp³-hybridized carbons (Fsp3) is 0.600. The van der Waals surface area contributed by atoms with Gasteiger partial charge in [0.2, 0.25) is 0 Å². The number of rotatable bonds is 3. The lowest BCUT2D eigenvalue weighted by molar-refractivity contribution is 0.0256. The van der Waals surface area contributed by atoms with Crippen molar-refractivity contribution in [3.63, 3.8) is 0 Å². The van der Waals surface area contributed by atoms with Crippen molar-refractivity contribution in [2.24, 2.45) is 0 Å². The Labute approximate surface area is 122 Å². The van der Waals surface area contributed by atoms with Gasteiger partial charge in [0.25, 0.3) is 0 Å². The molecule has 1 N–H and O–H groups in total. The third-order valence-corrected chi connectivity index (χ3v) is 4.76. The Morgan fingerprint density at radius 1 is 1.37 bits per heavy atom. The lowest BCUT2D eigenvalue weighted by Gasteiger charge is -2.27. The molecule has 0 aromatic heterocycles. The van der Waals surface area contributed by atoms with Gasteiger partial charge in [-0.15, -0.1) is 0 Å². The van der Waals surface area contributed by atoms with E-state index < -0.39 is 5.60 Å². The van der Waals surface area contributed by atoms with Gasteiger partial charge < -0.3 is 10.0 Å². The SMILES string of the molecule is CCN1CCCC(O)(Cc2cc(F)ccc2Br)CC1. The summed E-state index contributed by atoms with van der Waals surface area (Å²) in [6.07, 6.45) is 3.05. The van der Waals surface area contributed by atoms with Gasteiger partial charge in [0, 0.05) is 17.4 Å². The summed E-state index contributed by atoms with van der Waals surface area (Å²) >= 11 is 3.44. The van der Waals surface area contributed by atoms with Gasteiger partial charge >= 0.3 is 0 Å². The summed E-state index contributed by atoms with van der Waals surface area (Å²) in [7, 11) is 0. The molecule has 0 saturated carbocycles. The molecule has 4 heteroatoms. The molecule has 1 unspecified atom stereocenters. The Balaban J connectivity index is 2.10. The number of hydrogen-bond acceptors (Lipinski definition) is 2. The van der Waals surface area contributed by atoms with Gasteiger partial charge in [-0.2, -0.15) is 0 Å². The molecular formula is C15H21BrFNO. The van der Waals surface area contributed by atoms with Crippen LogP contribution in [0.2, 0.25) is 0 Å². The van der Waals surface area contributed by atoms with Crippen LogP contribution in [0.5, 0.6) is 0 Å². The number of benzene rings is 1. The maximum atomic E-state index is 13.3. The Morgan fingerprint density at radius 3 is 2.89 bits per heavy atom. The minimum atomic E-state index is -0.708. The van der Waals surface area contributed by atoms with Gasteiger partial charge in [-0.1, -0.05) is 22.9 Å². The van der Waals surface area contributed by atoms with Crippen LogP contribution in [-0.4, -0.2) is 35.2 Å². The van der Waals surface area contributed by atoms with E-state index in [0.29, 0.717) is 6.42 Å². The van der Waals surface area contributed by atoms with Gasteiger partial charge in [0.1, 0.15) is 5.82 Å². The highest BCUT2D eigenvalue weighted by molar-refractivity contribution is 9.10. The van der Waals surface area contributed by atoms with Gasteiger partial charge in [-0.25, -0.2) is 4.39 Å². The molecule has 0 amide bonds. The largest absolute Gasteiger partial charge is 0.389 e. The van der Waals surface area contributed by atoms with Gasteiger partial charge in [-0.05, 0) is 56.1 Å². The molecular weight excluding hydrogens is 309 g/mol. The Kier molecular flexibility index (Phi) is 4.98. The molecule has 2 rings (SSSR count). The van der Waals surface area contributed by atoms with Gasteiger partial charge in [0.05, 0.1) is 5.60 Å². The maximum Gasteiger partial charge on any atom is 0.123 e. The summed E-state index contributed by atoms with van der Waals surface area (Å²) in [5.74, 6) is -0.245.